The van der Waals surface area contributed by atoms with Crippen LogP contribution in [0.1, 0.15) is 54.4 Å². The first-order valence-corrected chi connectivity index (χ1v) is 9.37. The standard InChI is InChI=1S/C21H24N4O3/c1-12(14-5-7-15(27-4)8-6-14)24-19(26)16-13(2)28-20-17(16)18(22-11-23-20)25-21(3)9-10-21/h5-8,11-12H,9-10H2,1-4H3,(H,24,26)(H,22,23,25). The van der Waals surface area contributed by atoms with Gasteiger partial charge >= 0.3 is 0 Å². The lowest BCUT2D eigenvalue weighted by Crippen LogP contribution is -2.27. The van der Waals surface area contributed by atoms with Crippen LogP contribution in [0.3, 0.4) is 0 Å². The third-order valence-corrected chi connectivity index (χ3v) is 5.27. The van der Waals surface area contributed by atoms with Gasteiger partial charge in [0, 0.05) is 5.54 Å². The van der Waals surface area contributed by atoms with Crippen molar-refractivity contribution in [3.8, 4) is 5.75 Å². The molecular weight excluding hydrogens is 356 g/mol. The van der Waals surface area contributed by atoms with E-state index in [2.05, 4.69) is 27.5 Å². The number of hydrogen-bond acceptors (Lipinski definition) is 6. The van der Waals surface area contributed by atoms with Gasteiger partial charge in [-0.15, -0.1) is 0 Å². The monoisotopic (exact) mass is 380 g/mol. The highest BCUT2D eigenvalue weighted by Crippen LogP contribution is 2.40. The van der Waals surface area contributed by atoms with Crippen molar-refractivity contribution in [2.45, 2.75) is 45.2 Å². The molecule has 1 fully saturated rings. The first-order valence-electron chi connectivity index (χ1n) is 9.37. The average molecular weight is 380 g/mol. The highest BCUT2D eigenvalue weighted by Gasteiger charge is 2.38. The molecule has 0 radical (unpaired) electrons. The lowest BCUT2D eigenvalue weighted by Gasteiger charge is -2.16. The molecule has 2 heterocycles. The van der Waals surface area contributed by atoms with E-state index in [1.807, 2.05) is 31.2 Å². The summed E-state index contributed by atoms with van der Waals surface area (Å²) in [5, 5.41) is 7.12. The third-order valence-electron chi connectivity index (χ3n) is 5.27. The number of benzene rings is 1. The summed E-state index contributed by atoms with van der Waals surface area (Å²) >= 11 is 0. The average Bonchev–Trinajstić information content (AvgIpc) is 3.29. The molecule has 0 aliphatic heterocycles. The van der Waals surface area contributed by atoms with Crippen molar-refractivity contribution in [1.29, 1.82) is 0 Å². The lowest BCUT2D eigenvalue weighted by molar-refractivity contribution is 0.0940. The number of methoxy groups -OCH3 is 1. The second kappa shape index (κ2) is 6.82. The molecule has 2 N–H and O–H groups in total. The highest BCUT2D eigenvalue weighted by atomic mass is 16.5. The van der Waals surface area contributed by atoms with Crippen LogP contribution in [-0.2, 0) is 0 Å². The van der Waals surface area contributed by atoms with Gasteiger partial charge in [-0.3, -0.25) is 4.79 Å². The largest absolute Gasteiger partial charge is 0.497 e. The van der Waals surface area contributed by atoms with Gasteiger partial charge in [-0.2, -0.15) is 0 Å². The van der Waals surface area contributed by atoms with Crippen LogP contribution in [0, 0.1) is 6.92 Å². The van der Waals surface area contributed by atoms with E-state index < -0.39 is 0 Å². The smallest absolute Gasteiger partial charge is 0.256 e. The second-order valence-corrected chi connectivity index (χ2v) is 7.59. The Morgan fingerprint density at radius 1 is 1.25 bits per heavy atom. The number of anilines is 1. The van der Waals surface area contributed by atoms with Gasteiger partial charge in [0.1, 0.15) is 23.7 Å². The molecule has 1 aliphatic rings. The van der Waals surface area contributed by atoms with Crippen LogP contribution >= 0.6 is 0 Å². The number of carbonyl (C=O) groups is 1. The van der Waals surface area contributed by atoms with Crippen molar-refractivity contribution in [1.82, 2.24) is 15.3 Å². The SMILES string of the molecule is COc1ccc(C(C)NC(=O)c2c(C)oc3ncnc(NC4(C)CC4)c23)cc1. The molecule has 1 aliphatic carbocycles. The fraction of sp³-hybridized carbons (Fsp3) is 0.381. The number of furan rings is 1. The van der Waals surface area contributed by atoms with Crippen molar-refractivity contribution in [3.05, 3.63) is 47.5 Å². The molecule has 2 aromatic heterocycles. The summed E-state index contributed by atoms with van der Waals surface area (Å²) in [5.74, 6) is 1.74. The molecule has 1 atom stereocenters. The Hall–Kier alpha value is -3.09. The van der Waals surface area contributed by atoms with Gasteiger partial charge < -0.3 is 19.8 Å². The molecule has 0 bridgehead atoms. The second-order valence-electron chi connectivity index (χ2n) is 7.59. The Morgan fingerprint density at radius 2 is 1.96 bits per heavy atom. The fourth-order valence-electron chi connectivity index (χ4n) is 3.26. The third kappa shape index (κ3) is 3.40. The van der Waals surface area contributed by atoms with Gasteiger partial charge in [-0.25, -0.2) is 9.97 Å². The van der Waals surface area contributed by atoms with Crippen LogP contribution in [0.5, 0.6) is 5.75 Å². The normalized spacial score (nSPS) is 15.9. The van der Waals surface area contributed by atoms with Crippen molar-refractivity contribution in [2.75, 3.05) is 12.4 Å². The summed E-state index contributed by atoms with van der Waals surface area (Å²) < 4.78 is 10.9. The molecule has 3 aromatic rings. The van der Waals surface area contributed by atoms with Crippen LogP contribution < -0.4 is 15.4 Å². The number of nitrogens with one attached hydrogen (secondary N) is 2. The maximum atomic E-state index is 13.1. The summed E-state index contributed by atoms with van der Waals surface area (Å²) in [6.07, 6.45) is 3.61. The van der Waals surface area contributed by atoms with Crippen LogP contribution in [0.25, 0.3) is 11.1 Å². The quantitative estimate of drug-likeness (QED) is 0.672. The number of nitrogens with zero attached hydrogens (tertiary/aromatic N) is 2. The first-order chi connectivity index (χ1) is 13.4. The number of amides is 1. The van der Waals surface area contributed by atoms with Crippen molar-refractivity contribution >= 4 is 22.8 Å². The molecule has 4 rings (SSSR count). The molecule has 1 aromatic carbocycles. The molecular formula is C21H24N4O3. The molecule has 28 heavy (non-hydrogen) atoms. The van der Waals surface area contributed by atoms with E-state index in [-0.39, 0.29) is 17.5 Å². The van der Waals surface area contributed by atoms with Gasteiger partial charge in [0.25, 0.3) is 5.91 Å². The molecule has 0 spiro atoms. The Balaban J connectivity index is 1.63. The number of aromatic nitrogens is 2. The fourth-order valence-corrected chi connectivity index (χ4v) is 3.26. The Kier molecular flexibility index (Phi) is 4.45. The van der Waals surface area contributed by atoms with Crippen LogP contribution in [-0.4, -0.2) is 28.5 Å². The van der Waals surface area contributed by atoms with E-state index in [0.717, 1.165) is 24.2 Å². The number of fused-ring (bicyclic) bond motifs is 1. The predicted molar refractivity (Wildman–Crippen MR) is 107 cm³/mol. The van der Waals surface area contributed by atoms with E-state index in [0.29, 0.717) is 28.2 Å². The first kappa shape index (κ1) is 18.3. The molecule has 146 valence electrons. The summed E-state index contributed by atoms with van der Waals surface area (Å²) in [6.45, 7) is 5.86. The Labute approximate surface area is 163 Å². The molecule has 7 nitrogen and oxygen atoms in total. The molecule has 1 amide bonds. The summed E-state index contributed by atoms with van der Waals surface area (Å²) in [7, 11) is 1.63. The van der Waals surface area contributed by atoms with Gasteiger partial charge in [0.15, 0.2) is 0 Å². The van der Waals surface area contributed by atoms with E-state index in [4.69, 9.17) is 9.15 Å². The molecule has 1 saturated carbocycles. The zero-order chi connectivity index (χ0) is 19.9. The summed E-state index contributed by atoms with van der Waals surface area (Å²) in [6, 6.07) is 7.46. The van der Waals surface area contributed by atoms with Gasteiger partial charge in [0.2, 0.25) is 5.71 Å². The highest BCUT2D eigenvalue weighted by molar-refractivity contribution is 6.10. The van der Waals surface area contributed by atoms with Crippen molar-refractivity contribution in [3.63, 3.8) is 0 Å². The van der Waals surface area contributed by atoms with Crippen LogP contribution in [0.15, 0.2) is 35.0 Å². The zero-order valence-corrected chi connectivity index (χ0v) is 16.5. The minimum Gasteiger partial charge on any atom is -0.497 e. The number of aryl methyl sites for hydroxylation is 1. The van der Waals surface area contributed by atoms with Crippen molar-refractivity contribution in [2.24, 2.45) is 0 Å². The van der Waals surface area contributed by atoms with Crippen LogP contribution in [0.2, 0.25) is 0 Å². The maximum Gasteiger partial charge on any atom is 0.256 e. The minimum atomic E-state index is -0.210. The molecule has 1 unspecified atom stereocenters. The predicted octanol–water partition coefficient (Wildman–Crippen LogP) is 4.00. The molecule has 7 heteroatoms. The van der Waals surface area contributed by atoms with Gasteiger partial charge in [0.05, 0.1) is 24.1 Å². The van der Waals surface area contributed by atoms with Crippen LogP contribution in [0.4, 0.5) is 5.82 Å². The van der Waals surface area contributed by atoms with Gasteiger partial charge in [-0.1, -0.05) is 12.1 Å². The number of hydrogen-bond donors (Lipinski definition) is 2. The van der Waals surface area contributed by atoms with E-state index in [1.165, 1.54) is 6.33 Å². The summed E-state index contributed by atoms with van der Waals surface area (Å²) in [5.41, 5.74) is 1.90. The van der Waals surface area contributed by atoms with E-state index >= 15 is 0 Å². The number of rotatable bonds is 6. The Morgan fingerprint density at radius 3 is 2.61 bits per heavy atom. The zero-order valence-electron chi connectivity index (χ0n) is 16.5. The summed E-state index contributed by atoms with van der Waals surface area (Å²) in [4.78, 5) is 21.7. The molecule has 0 saturated heterocycles. The lowest BCUT2D eigenvalue weighted by atomic mass is 10.1. The Bertz CT molecular complexity index is 1020. The van der Waals surface area contributed by atoms with E-state index in [9.17, 15) is 4.79 Å². The minimum absolute atomic E-state index is 0.0244. The maximum absolute atomic E-state index is 13.1. The van der Waals surface area contributed by atoms with E-state index in [1.54, 1.807) is 14.0 Å². The van der Waals surface area contributed by atoms with Gasteiger partial charge in [-0.05, 0) is 51.3 Å². The topological polar surface area (TPSA) is 89.3 Å². The number of ether oxygens (including phenoxy) is 1. The number of carbonyl (C=O) groups excluding carboxylic acids is 1. The van der Waals surface area contributed by atoms with Crippen molar-refractivity contribution < 1.29 is 13.9 Å².